The second-order valence-corrected chi connectivity index (χ2v) is 2.88. The van der Waals surface area contributed by atoms with E-state index in [1.54, 1.807) is 18.8 Å². The van der Waals surface area contributed by atoms with Crippen molar-refractivity contribution in [2.24, 2.45) is 5.10 Å². The first-order chi connectivity index (χ1) is 4.18. The molecule has 0 aromatic rings. The first kappa shape index (κ1) is 8.78. The lowest BCUT2D eigenvalue weighted by Crippen LogP contribution is -2.33. The fraction of sp³-hybridized carbons (Fsp3) is 0.800. The lowest BCUT2D eigenvalue weighted by atomic mass is 10.6. The summed E-state index contributed by atoms with van der Waals surface area (Å²) in [6, 6.07) is 0. The summed E-state index contributed by atoms with van der Waals surface area (Å²) in [5.41, 5.74) is 2.77. The average molecular weight is 146 g/mol. The summed E-state index contributed by atoms with van der Waals surface area (Å²) < 4.78 is 0. The van der Waals surface area contributed by atoms with Crippen LogP contribution >= 0.6 is 11.8 Å². The van der Waals surface area contributed by atoms with E-state index in [0.717, 1.165) is 0 Å². The number of hydrogen-bond acceptors (Lipinski definition) is 3. The van der Waals surface area contributed by atoms with Gasteiger partial charge in [-0.05, 0) is 6.26 Å². The predicted octanol–water partition coefficient (Wildman–Crippen LogP) is 1.23. The number of thioether (sulfide) groups is 1. The van der Waals surface area contributed by atoms with Crippen LogP contribution in [0.25, 0.3) is 5.32 Å². The van der Waals surface area contributed by atoms with Crippen molar-refractivity contribution in [3.63, 3.8) is 0 Å². The number of nitrogens with zero attached hydrogens (tertiary/aromatic N) is 2. The zero-order valence-electron chi connectivity index (χ0n) is 6.01. The lowest BCUT2D eigenvalue weighted by Gasteiger charge is -2.38. The highest BCUT2D eigenvalue weighted by Crippen LogP contribution is 2.22. The molecule has 0 amide bonds. The van der Waals surface area contributed by atoms with Crippen LogP contribution in [0.2, 0.25) is 0 Å². The van der Waals surface area contributed by atoms with E-state index >= 15 is 0 Å². The lowest BCUT2D eigenvalue weighted by molar-refractivity contribution is 0.603. The highest BCUT2D eigenvalue weighted by atomic mass is 32.2. The van der Waals surface area contributed by atoms with E-state index in [-0.39, 0.29) is 4.99 Å². The molecule has 9 heavy (non-hydrogen) atoms. The van der Waals surface area contributed by atoms with Crippen LogP contribution in [0.1, 0.15) is 6.92 Å². The molecule has 0 saturated carbocycles. The minimum absolute atomic E-state index is 0.304. The number of hydrazone groups is 1. The van der Waals surface area contributed by atoms with Crippen LogP contribution in [0, 0.1) is 0 Å². The van der Waals surface area contributed by atoms with Crippen molar-refractivity contribution in [2.45, 2.75) is 11.9 Å². The van der Waals surface area contributed by atoms with E-state index in [1.165, 1.54) is 0 Å². The number of hydrogen-bond donors (Lipinski definition) is 1. The van der Waals surface area contributed by atoms with E-state index in [2.05, 4.69) is 22.6 Å². The molecular weight excluding hydrogens is 134 g/mol. The van der Waals surface area contributed by atoms with E-state index < -0.39 is 0 Å². The fourth-order valence-electron chi connectivity index (χ4n) is 0.334. The van der Waals surface area contributed by atoms with Gasteiger partial charge in [0.1, 0.15) is 0 Å². The van der Waals surface area contributed by atoms with Crippen molar-refractivity contribution >= 4 is 18.5 Å². The van der Waals surface area contributed by atoms with Crippen molar-refractivity contribution in [1.82, 2.24) is 5.43 Å². The van der Waals surface area contributed by atoms with E-state index in [1.807, 2.05) is 13.2 Å². The minimum Gasteiger partial charge on any atom is -0.632 e. The predicted molar refractivity (Wildman–Crippen MR) is 43.9 cm³/mol. The van der Waals surface area contributed by atoms with Crippen LogP contribution in [0.4, 0.5) is 0 Å². The third-order valence-corrected chi connectivity index (χ3v) is 2.18. The van der Waals surface area contributed by atoms with Gasteiger partial charge in [0.05, 0.1) is 0 Å². The van der Waals surface area contributed by atoms with E-state index in [9.17, 15) is 0 Å². The second kappa shape index (κ2) is 3.74. The molecule has 0 heterocycles. The Labute approximate surface area is 60.3 Å². The number of nitrogens with one attached hydrogen (secondary N) is 1. The maximum absolute atomic E-state index is 4.05. The molecule has 1 N–H and O–H groups in total. The summed E-state index contributed by atoms with van der Waals surface area (Å²) in [5, 5.41) is 7.58. The van der Waals surface area contributed by atoms with Gasteiger partial charge in [0.25, 0.3) is 0 Å². The molecule has 0 aromatic carbocycles. The molecule has 0 aliphatic carbocycles. The van der Waals surface area contributed by atoms with Crippen molar-refractivity contribution in [3.8, 4) is 0 Å². The molecule has 0 radical (unpaired) electrons. The van der Waals surface area contributed by atoms with Crippen LogP contribution in [-0.4, -0.2) is 25.0 Å². The largest absolute Gasteiger partial charge is 0.632 e. The molecule has 3 nitrogen and oxygen atoms in total. The highest BCUT2D eigenvalue weighted by molar-refractivity contribution is 8.00. The monoisotopic (exact) mass is 146 g/mol. The molecule has 0 aliphatic rings. The third kappa shape index (κ3) is 2.72. The van der Waals surface area contributed by atoms with Crippen LogP contribution in [0.3, 0.4) is 0 Å². The van der Waals surface area contributed by atoms with Crippen molar-refractivity contribution in [2.75, 3.05) is 13.3 Å². The quantitative estimate of drug-likeness (QED) is 0.368. The molecule has 1 unspecified atom stereocenters. The standard InChI is InChI=1S/C5H12N3S/c1-5(6-2,9-4)8-7-3/h8H,3H2,1-2,4H3/q-1. The Balaban J connectivity index is 3.75. The highest BCUT2D eigenvalue weighted by Gasteiger charge is 2.05. The normalized spacial score (nSPS) is 16.3. The molecule has 1 atom stereocenters. The van der Waals surface area contributed by atoms with Crippen molar-refractivity contribution < 1.29 is 0 Å². The number of rotatable bonds is 4. The van der Waals surface area contributed by atoms with E-state index in [0.29, 0.717) is 0 Å². The Morgan fingerprint density at radius 3 is 2.44 bits per heavy atom. The second-order valence-electron chi connectivity index (χ2n) is 1.68. The van der Waals surface area contributed by atoms with Gasteiger partial charge >= 0.3 is 0 Å². The summed E-state index contributed by atoms with van der Waals surface area (Å²) in [5.74, 6) is 0. The van der Waals surface area contributed by atoms with Crippen LogP contribution in [-0.2, 0) is 0 Å². The molecule has 54 valence electrons. The molecule has 0 fully saturated rings. The van der Waals surface area contributed by atoms with Gasteiger partial charge in [-0.2, -0.15) is 23.9 Å². The van der Waals surface area contributed by atoms with Gasteiger partial charge in [-0.15, -0.1) is 0 Å². The Morgan fingerprint density at radius 2 is 2.33 bits per heavy atom. The summed E-state index contributed by atoms with van der Waals surface area (Å²) >= 11 is 1.59. The smallest absolute Gasteiger partial charge is 0.0109 e. The van der Waals surface area contributed by atoms with Crippen LogP contribution < -0.4 is 5.43 Å². The van der Waals surface area contributed by atoms with Gasteiger partial charge in [0.2, 0.25) is 0 Å². The molecular formula is C5H12N3S-. The molecule has 0 bridgehead atoms. The topological polar surface area (TPSA) is 38.5 Å². The first-order valence-electron chi connectivity index (χ1n) is 2.57. The SMILES string of the molecule is C=NNC(C)([N-]C)SC. The zero-order valence-corrected chi connectivity index (χ0v) is 6.83. The zero-order chi connectivity index (χ0) is 7.33. The maximum atomic E-state index is 4.05. The van der Waals surface area contributed by atoms with Crippen molar-refractivity contribution in [3.05, 3.63) is 5.32 Å². The molecule has 0 saturated heterocycles. The molecule has 0 aromatic heterocycles. The van der Waals surface area contributed by atoms with Gasteiger partial charge in [0, 0.05) is 11.7 Å². The Kier molecular flexibility index (Phi) is 3.65. The summed E-state index contributed by atoms with van der Waals surface area (Å²) in [4.78, 5) is -0.304. The summed E-state index contributed by atoms with van der Waals surface area (Å²) in [6.07, 6.45) is 1.96. The van der Waals surface area contributed by atoms with Gasteiger partial charge in [-0.3, -0.25) is 0 Å². The molecule has 0 rings (SSSR count). The first-order valence-corrected chi connectivity index (χ1v) is 3.80. The fourth-order valence-corrected chi connectivity index (χ4v) is 0.672. The van der Waals surface area contributed by atoms with Gasteiger partial charge < -0.3 is 10.7 Å². The van der Waals surface area contributed by atoms with Crippen molar-refractivity contribution in [1.29, 1.82) is 0 Å². The van der Waals surface area contributed by atoms with Gasteiger partial charge in [-0.1, -0.05) is 6.92 Å². The average Bonchev–Trinajstić information content (AvgIpc) is 1.89. The van der Waals surface area contributed by atoms with Crippen LogP contribution in [0.5, 0.6) is 0 Å². The summed E-state index contributed by atoms with van der Waals surface area (Å²) in [7, 11) is 1.74. The Hall–Kier alpha value is -0.220. The summed E-state index contributed by atoms with van der Waals surface area (Å²) in [6.45, 7) is 5.24. The van der Waals surface area contributed by atoms with Crippen LogP contribution in [0.15, 0.2) is 5.10 Å². The minimum atomic E-state index is -0.304. The van der Waals surface area contributed by atoms with Gasteiger partial charge in [0.15, 0.2) is 0 Å². The molecule has 4 heteroatoms. The molecule has 0 spiro atoms. The van der Waals surface area contributed by atoms with Gasteiger partial charge in [-0.25, -0.2) is 0 Å². The molecule has 0 aliphatic heterocycles. The third-order valence-electron chi connectivity index (χ3n) is 1.11. The van der Waals surface area contributed by atoms with E-state index in [4.69, 9.17) is 0 Å². The Morgan fingerprint density at radius 1 is 1.78 bits per heavy atom. The Bertz CT molecular complexity index is 90.2. The maximum Gasteiger partial charge on any atom is 0.0109 e.